The van der Waals surface area contributed by atoms with Crippen molar-refractivity contribution >= 4 is 34.5 Å². The van der Waals surface area contributed by atoms with Crippen LogP contribution < -0.4 is 14.6 Å². The van der Waals surface area contributed by atoms with E-state index in [4.69, 9.17) is 4.84 Å². The van der Waals surface area contributed by atoms with E-state index in [0.717, 1.165) is 16.5 Å². The summed E-state index contributed by atoms with van der Waals surface area (Å²) in [5.41, 5.74) is 2.90. The van der Waals surface area contributed by atoms with Crippen LogP contribution in [-0.4, -0.2) is 16.3 Å². The zero-order valence-corrected chi connectivity index (χ0v) is 14.7. The van der Waals surface area contributed by atoms with Gasteiger partial charge in [-0.05, 0) is 28.9 Å². The van der Waals surface area contributed by atoms with Gasteiger partial charge in [-0.3, -0.25) is 9.94 Å². The highest BCUT2D eigenvalue weighted by atomic mass is 16.7. The Kier molecular flexibility index (Phi) is 3.53. The molecule has 0 bridgehead atoms. The van der Waals surface area contributed by atoms with E-state index in [1.807, 2.05) is 42.5 Å². The number of hydrogen-bond donors (Lipinski definition) is 1. The molecule has 6 nitrogen and oxygen atoms in total. The van der Waals surface area contributed by atoms with E-state index in [0.29, 0.717) is 22.8 Å². The summed E-state index contributed by atoms with van der Waals surface area (Å²) in [6.45, 7) is 0. The number of fused-ring (bicyclic) bond motifs is 2. The zero-order chi connectivity index (χ0) is 19.1. The number of hydroxylamine groups is 2. The molecule has 1 amide bonds. The number of aromatic nitrogens is 2. The molecule has 0 fully saturated rings. The third-order valence-electron chi connectivity index (χ3n) is 4.86. The van der Waals surface area contributed by atoms with Gasteiger partial charge in [-0.15, -0.1) is 0 Å². The molecule has 0 radical (unpaired) electrons. The number of quaternary nitrogens is 1. The maximum absolute atomic E-state index is 12.6. The van der Waals surface area contributed by atoms with E-state index in [1.165, 1.54) is 0 Å². The molecule has 3 aromatic carbocycles. The summed E-state index contributed by atoms with van der Waals surface area (Å²) in [5, 5.41) is 20.8. The number of nitrogens with zero attached hydrogens (tertiary/aromatic N) is 2. The van der Waals surface area contributed by atoms with Gasteiger partial charge >= 0.3 is 6.09 Å². The average Bonchev–Trinajstić information content (AvgIpc) is 3.29. The van der Waals surface area contributed by atoms with Crippen molar-refractivity contribution in [2.75, 3.05) is 0 Å². The minimum absolute atomic E-state index is 0.377. The number of aromatic amines is 1. The normalized spacial score (nSPS) is 17.9. The van der Waals surface area contributed by atoms with Crippen molar-refractivity contribution in [3.63, 3.8) is 0 Å². The summed E-state index contributed by atoms with van der Waals surface area (Å²) in [7, 11) is 0. The number of hydrogen-bond acceptors (Lipinski definition) is 4. The molecule has 136 valence electrons. The zero-order valence-electron chi connectivity index (χ0n) is 14.7. The number of carboxylic acid groups (broad SMARTS) is 1. The summed E-state index contributed by atoms with van der Waals surface area (Å²) < 4.78 is -0.922. The van der Waals surface area contributed by atoms with Gasteiger partial charge in [0, 0.05) is 23.1 Å². The van der Waals surface area contributed by atoms with Gasteiger partial charge in [0.05, 0.1) is 5.52 Å². The largest absolute Gasteiger partial charge is 0.495 e. The van der Waals surface area contributed by atoms with Crippen LogP contribution in [0.1, 0.15) is 11.3 Å². The number of carbonyl (C=O) groups is 1. The second-order valence-electron chi connectivity index (χ2n) is 6.49. The van der Waals surface area contributed by atoms with Crippen molar-refractivity contribution in [3.05, 3.63) is 90.1 Å². The van der Waals surface area contributed by atoms with Crippen LogP contribution in [0, 0.1) is 0 Å². The lowest BCUT2D eigenvalue weighted by Gasteiger charge is -2.32. The maximum atomic E-state index is 12.6. The predicted molar refractivity (Wildman–Crippen MR) is 105 cm³/mol. The lowest BCUT2D eigenvalue weighted by Crippen LogP contribution is -2.60. The smallest absolute Gasteiger partial charge is 0.313 e. The SMILES string of the molecule is O=C([O-])[N+]1(Oc2ccccc2)C(c2n[nH]c3ccccc23)=Cc2ccccc21. The number of carbonyl (C=O) groups excluding carboxylic acids is 1. The van der Waals surface area contributed by atoms with Crippen molar-refractivity contribution in [2.45, 2.75) is 0 Å². The van der Waals surface area contributed by atoms with E-state index in [-0.39, 0.29) is 0 Å². The number of benzene rings is 3. The van der Waals surface area contributed by atoms with Crippen LogP contribution in [-0.2, 0) is 0 Å². The fourth-order valence-corrected chi connectivity index (χ4v) is 3.61. The Balaban J connectivity index is 1.78. The Morgan fingerprint density at radius 1 is 0.929 bits per heavy atom. The minimum Gasteiger partial charge on any atom is -0.495 e. The van der Waals surface area contributed by atoms with Crippen molar-refractivity contribution in [2.24, 2.45) is 0 Å². The van der Waals surface area contributed by atoms with Crippen LogP contribution in [0.3, 0.4) is 0 Å². The molecule has 0 spiro atoms. The molecule has 5 rings (SSSR count). The molecule has 1 aliphatic rings. The van der Waals surface area contributed by atoms with Crippen LogP contribution in [0.25, 0.3) is 22.7 Å². The van der Waals surface area contributed by atoms with Gasteiger partial charge in [-0.2, -0.15) is 5.10 Å². The standard InChI is InChI=1S/C22H15N3O3/c26-22(27)25(28-16-9-2-1-3-10-16)19-13-7-4-8-15(19)14-20(25)21-17-11-5-6-12-18(17)23-24-21/h1-14H,(H-,23,24,26,27). The fraction of sp³-hybridized carbons (Fsp3) is 0. The highest BCUT2D eigenvalue weighted by molar-refractivity contribution is 6.09. The predicted octanol–water partition coefficient (Wildman–Crippen LogP) is 3.72. The number of nitrogens with one attached hydrogen (secondary N) is 1. The molecule has 2 heterocycles. The molecular formula is C22H15N3O3. The molecule has 1 aliphatic heterocycles. The molecule has 0 aliphatic carbocycles. The van der Waals surface area contributed by atoms with Gasteiger partial charge in [0.2, 0.25) is 5.70 Å². The summed E-state index contributed by atoms with van der Waals surface area (Å²) in [6.07, 6.45) is 0.392. The van der Waals surface area contributed by atoms with Crippen LogP contribution in [0.4, 0.5) is 10.5 Å². The highest BCUT2D eigenvalue weighted by Crippen LogP contribution is 2.46. The first-order valence-corrected chi connectivity index (χ1v) is 8.81. The third-order valence-corrected chi connectivity index (χ3v) is 4.86. The number of amides is 1. The fourth-order valence-electron chi connectivity index (χ4n) is 3.61. The molecular weight excluding hydrogens is 354 g/mol. The van der Waals surface area contributed by atoms with Gasteiger partial charge in [0.1, 0.15) is 0 Å². The first-order chi connectivity index (χ1) is 13.7. The van der Waals surface area contributed by atoms with E-state index >= 15 is 0 Å². The summed E-state index contributed by atoms with van der Waals surface area (Å²) in [5.74, 6) is 0.411. The maximum Gasteiger partial charge on any atom is 0.313 e. The van der Waals surface area contributed by atoms with Crippen LogP contribution in [0.5, 0.6) is 5.75 Å². The number of rotatable bonds is 3. The van der Waals surface area contributed by atoms with E-state index in [1.54, 1.807) is 42.5 Å². The summed E-state index contributed by atoms with van der Waals surface area (Å²) in [6, 6.07) is 23.6. The minimum atomic E-state index is -1.40. The first-order valence-electron chi connectivity index (χ1n) is 8.81. The van der Waals surface area contributed by atoms with Gasteiger partial charge in [-0.25, -0.2) is 0 Å². The molecule has 0 saturated carbocycles. The Hall–Kier alpha value is -3.90. The number of para-hydroxylation sites is 3. The first kappa shape index (κ1) is 16.3. The Morgan fingerprint density at radius 3 is 2.46 bits per heavy atom. The van der Waals surface area contributed by atoms with E-state index < -0.39 is 10.7 Å². The van der Waals surface area contributed by atoms with Crippen molar-refractivity contribution < 1.29 is 14.7 Å². The van der Waals surface area contributed by atoms with Gasteiger partial charge in [0.25, 0.3) is 0 Å². The van der Waals surface area contributed by atoms with E-state index in [9.17, 15) is 9.90 Å². The second-order valence-corrected chi connectivity index (χ2v) is 6.49. The lowest BCUT2D eigenvalue weighted by molar-refractivity contribution is -0.276. The van der Waals surface area contributed by atoms with Crippen molar-refractivity contribution in [3.8, 4) is 5.75 Å². The Labute approximate surface area is 160 Å². The average molecular weight is 369 g/mol. The van der Waals surface area contributed by atoms with Crippen molar-refractivity contribution in [1.29, 1.82) is 0 Å². The molecule has 4 aromatic rings. The third kappa shape index (κ3) is 2.25. The Bertz CT molecular complexity index is 1230. The molecule has 0 saturated heterocycles. The van der Waals surface area contributed by atoms with Crippen LogP contribution in [0.2, 0.25) is 0 Å². The molecule has 1 atom stereocenters. The van der Waals surface area contributed by atoms with Gasteiger partial charge < -0.3 is 9.90 Å². The summed E-state index contributed by atoms with van der Waals surface area (Å²) >= 11 is 0. The van der Waals surface area contributed by atoms with Crippen LogP contribution >= 0.6 is 0 Å². The molecule has 1 aromatic heterocycles. The topological polar surface area (TPSA) is 78.0 Å². The molecule has 1 N–H and O–H groups in total. The lowest BCUT2D eigenvalue weighted by atomic mass is 10.1. The Morgan fingerprint density at radius 2 is 1.64 bits per heavy atom. The highest BCUT2D eigenvalue weighted by Gasteiger charge is 2.50. The van der Waals surface area contributed by atoms with Gasteiger partial charge in [-0.1, -0.05) is 48.5 Å². The molecule has 1 unspecified atom stereocenters. The monoisotopic (exact) mass is 369 g/mol. The van der Waals surface area contributed by atoms with Crippen LogP contribution in [0.15, 0.2) is 78.9 Å². The summed E-state index contributed by atoms with van der Waals surface area (Å²) in [4.78, 5) is 18.7. The molecule has 28 heavy (non-hydrogen) atoms. The quantitative estimate of drug-likeness (QED) is 0.558. The van der Waals surface area contributed by atoms with Crippen molar-refractivity contribution in [1.82, 2.24) is 14.8 Å². The second kappa shape index (κ2) is 6.07. The van der Waals surface area contributed by atoms with E-state index in [2.05, 4.69) is 10.2 Å². The molecule has 6 heteroatoms. The van der Waals surface area contributed by atoms with Gasteiger partial charge in [0.15, 0.2) is 17.1 Å². The number of H-pyrrole nitrogens is 1.